The summed E-state index contributed by atoms with van der Waals surface area (Å²) in [4.78, 5) is 15.3. The molecule has 0 aromatic rings. The van der Waals surface area contributed by atoms with Crippen molar-refractivity contribution in [1.29, 1.82) is 0 Å². The minimum atomic E-state index is -0.280. The summed E-state index contributed by atoms with van der Waals surface area (Å²) in [6, 6.07) is 0. The van der Waals surface area contributed by atoms with Gasteiger partial charge in [0.15, 0.2) is 0 Å². The van der Waals surface area contributed by atoms with E-state index in [0.717, 1.165) is 38.5 Å². The van der Waals surface area contributed by atoms with Gasteiger partial charge in [-0.05, 0) is 32.1 Å². The highest BCUT2D eigenvalue weighted by molar-refractivity contribution is 5.68. The maximum atomic E-state index is 10.9. The van der Waals surface area contributed by atoms with Crippen LogP contribution in [0, 0.1) is 0 Å². The summed E-state index contributed by atoms with van der Waals surface area (Å²) in [6.07, 6.45) is 20.4. The monoisotopic (exact) mass is 324 g/mol. The Hall–Kier alpha value is -1.39. The molecule has 0 amide bonds. The molecule has 0 saturated carbocycles. The number of carbonyl (C=O) groups is 1. The van der Waals surface area contributed by atoms with Crippen LogP contribution in [0.15, 0.2) is 36.5 Å². The highest BCUT2D eigenvalue weighted by atomic mass is 17.1. The Bertz CT molecular complexity index is 358. The van der Waals surface area contributed by atoms with E-state index in [0.29, 0.717) is 12.8 Å². The zero-order valence-electron chi connectivity index (χ0n) is 14.6. The Balaban J connectivity index is 3.57. The number of hydrogen-bond donors (Lipinski definition) is 1. The zero-order valence-corrected chi connectivity index (χ0v) is 14.6. The van der Waals surface area contributed by atoms with Crippen LogP contribution in [0.2, 0.25) is 0 Å². The zero-order chi connectivity index (χ0) is 17.2. The number of esters is 1. The highest BCUT2D eigenvalue weighted by Crippen LogP contribution is 2.08. The van der Waals surface area contributed by atoms with Crippen LogP contribution < -0.4 is 0 Å². The predicted octanol–water partition coefficient (Wildman–Crippen LogP) is 5.22. The molecule has 0 heterocycles. The fourth-order valence-corrected chi connectivity index (χ4v) is 2.08. The molecule has 132 valence electrons. The predicted molar refractivity (Wildman–Crippen MR) is 94.2 cm³/mol. The van der Waals surface area contributed by atoms with Crippen molar-refractivity contribution in [3.63, 3.8) is 0 Å². The van der Waals surface area contributed by atoms with Crippen molar-refractivity contribution in [3.8, 4) is 0 Å². The standard InChI is InChI=1S/C19H32O4/c1-3-4-12-15-18(23-21)16-13-10-8-6-5-7-9-11-14-17-19(20)22-2/h4,8,10,12-13,16,18,21H,3,5-7,9,11,14-15,17H2,1-2H3. The van der Waals surface area contributed by atoms with E-state index in [1.54, 1.807) is 0 Å². The van der Waals surface area contributed by atoms with Crippen LogP contribution >= 0.6 is 0 Å². The Kier molecular flexibility index (Phi) is 15.9. The molecule has 0 spiro atoms. The molecule has 0 aromatic carbocycles. The molecule has 0 aliphatic rings. The first-order valence-electron chi connectivity index (χ1n) is 8.60. The SMILES string of the molecule is CCC=CCC(C=CC=CCCCCCCCC(=O)OC)OO. The van der Waals surface area contributed by atoms with Gasteiger partial charge in [-0.25, -0.2) is 4.89 Å². The first kappa shape index (κ1) is 21.6. The molecule has 0 aliphatic carbocycles. The molecule has 23 heavy (non-hydrogen) atoms. The maximum Gasteiger partial charge on any atom is 0.305 e. The van der Waals surface area contributed by atoms with Crippen LogP contribution in [0.1, 0.15) is 64.7 Å². The van der Waals surface area contributed by atoms with Crippen molar-refractivity contribution in [1.82, 2.24) is 0 Å². The smallest absolute Gasteiger partial charge is 0.305 e. The van der Waals surface area contributed by atoms with Gasteiger partial charge in [-0.2, -0.15) is 0 Å². The van der Waals surface area contributed by atoms with E-state index in [9.17, 15) is 4.79 Å². The summed E-state index contributed by atoms with van der Waals surface area (Å²) in [5.74, 6) is -0.116. The number of rotatable bonds is 14. The first-order chi connectivity index (χ1) is 11.2. The molecule has 0 aromatic heterocycles. The van der Waals surface area contributed by atoms with Crippen LogP contribution in [0.5, 0.6) is 0 Å². The molecule has 1 N–H and O–H groups in total. The average molecular weight is 324 g/mol. The summed E-state index contributed by atoms with van der Waals surface area (Å²) >= 11 is 0. The van der Waals surface area contributed by atoms with Gasteiger partial charge in [-0.3, -0.25) is 10.1 Å². The summed E-state index contributed by atoms with van der Waals surface area (Å²) in [6.45, 7) is 2.07. The number of methoxy groups -OCH3 is 1. The largest absolute Gasteiger partial charge is 0.469 e. The van der Waals surface area contributed by atoms with Crippen LogP contribution in [0.4, 0.5) is 0 Å². The quantitative estimate of drug-likeness (QED) is 0.119. The number of carbonyl (C=O) groups excluding carboxylic acids is 1. The third-order valence-electron chi connectivity index (χ3n) is 3.46. The van der Waals surface area contributed by atoms with E-state index in [4.69, 9.17) is 5.26 Å². The van der Waals surface area contributed by atoms with Crippen molar-refractivity contribution in [2.24, 2.45) is 0 Å². The topological polar surface area (TPSA) is 55.8 Å². The molecule has 0 aliphatic heterocycles. The van der Waals surface area contributed by atoms with E-state index in [1.807, 2.05) is 24.3 Å². The maximum absolute atomic E-state index is 10.9. The van der Waals surface area contributed by atoms with Gasteiger partial charge in [-0.15, -0.1) is 0 Å². The Morgan fingerprint density at radius 2 is 1.78 bits per heavy atom. The van der Waals surface area contributed by atoms with E-state index < -0.39 is 0 Å². The molecule has 0 radical (unpaired) electrons. The van der Waals surface area contributed by atoms with Gasteiger partial charge in [0.25, 0.3) is 0 Å². The normalized spacial score (nSPS) is 13.3. The van der Waals surface area contributed by atoms with E-state index in [2.05, 4.69) is 28.7 Å². The minimum absolute atomic E-state index is 0.116. The minimum Gasteiger partial charge on any atom is -0.469 e. The summed E-state index contributed by atoms with van der Waals surface area (Å²) in [7, 11) is 1.43. The third-order valence-corrected chi connectivity index (χ3v) is 3.46. The van der Waals surface area contributed by atoms with E-state index in [-0.39, 0.29) is 12.1 Å². The molecule has 0 bridgehead atoms. The van der Waals surface area contributed by atoms with Crippen molar-refractivity contribution in [3.05, 3.63) is 36.5 Å². The lowest BCUT2D eigenvalue weighted by molar-refractivity contribution is -0.264. The van der Waals surface area contributed by atoms with Crippen molar-refractivity contribution in [2.45, 2.75) is 70.8 Å². The van der Waals surface area contributed by atoms with Crippen molar-refractivity contribution in [2.75, 3.05) is 7.11 Å². The fraction of sp³-hybridized carbons (Fsp3) is 0.632. The third kappa shape index (κ3) is 15.3. The molecule has 1 unspecified atom stereocenters. The number of hydrogen-bond acceptors (Lipinski definition) is 4. The van der Waals surface area contributed by atoms with Crippen LogP contribution in [-0.2, 0) is 14.4 Å². The van der Waals surface area contributed by atoms with E-state index in [1.165, 1.54) is 13.5 Å². The highest BCUT2D eigenvalue weighted by Gasteiger charge is 2.00. The van der Waals surface area contributed by atoms with Crippen LogP contribution in [0.25, 0.3) is 0 Å². The summed E-state index contributed by atoms with van der Waals surface area (Å²) in [5, 5.41) is 8.78. The molecular formula is C19H32O4. The molecule has 4 nitrogen and oxygen atoms in total. The van der Waals surface area contributed by atoms with Gasteiger partial charge in [0, 0.05) is 6.42 Å². The Morgan fingerprint density at radius 3 is 2.48 bits per heavy atom. The van der Waals surface area contributed by atoms with Gasteiger partial charge >= 0.3 is 5.97 Å². The van der Waals surface area contributed by atoms with Gasteiger partial charge in [0.05, 0.1) is 7.11 Å². The molecule has 0 rings (SSSR count). The lowest BCUT2D eigenvalue weighted by Gasteiger charge is -2.03. The van der Waals surface area contributed by atoms with Crippen LogP contribution in [-0.4, -0.2) is 24.4 Å². The Labute approximate surface area is 140 Å². The number of ether oxygens (including phenoxy) is 1. The summed E-state index contributed by atoms with van der Waals surface area (Å²) in [5.41, 5.74) is 0. The molecular weight excluding hydrogens is 292 g/mol. The van der Waals surface area contributed by atoms with Crippen molar-refractivity contribution < 1.29 is 19.7 Å². The lowest BCUT2D eigenvalue weighted by Crippen LogP contribution is -2.04. The first-order valence-corrected chi connectivity index (χ1v) is 8.60. The van der Waals surface area contributed by atoms with Gasteiger partial charge < -0.3 is 4.74 Å². The second-order valence-electron chi connectivity index (χ2n) is 5.45. The average Bonchev–Trinajstić information content (AvgIpc) is 2.57. The number of allylic oxidation sites excluding steroid dienone is 4. The Morgan fingerprint density at radius 1 is 1.04 bits per heavy atom. The van der Waals surface area contributed by atoms with Gasteiger partial charge in [-0.1, -0.05) is 62.6 Å². The fourth-order valence-electron chi connectivity index (χ4n) is 2.08. The molecule has 1 atom stereocenters. The molecule has 0 fully saturated rings. The van der Waals surface area contributed by atoms with Gasteiger partial charge in [0.2, 0.25) is 0 Å². The second-order valence-corrected chi connectivity index (χ2v) is 5.45. The van der Waals surface area contributed by atoms with Crippen molar-refractivity contribution >= 4 is 5.97 Å². The number of unbranched alkanes of at least 4 members (excludes halogenated alkanes) is 5. The summed E-state index contributed by atoms with van der Waals surface area (Å²) < 4.78 is 4.60. The molecule has 4 heteroatoms. The molecule has 0 saturated heterocycles. The van der Waals surface area contributed by atoms with Crippen LogP contribution in [0.3, 0.4) is 0 Å². The second kappa shape index (κ2) is 17.0. The van der Waals surface area contributed by atoms with Gasteiger partial charge in [0.1, 0.15) is 6.10 Å². The van der Waals surface area contributed by atoms with E-state index >= 15 is 0 Å². The lowest BCUT2D eigenvalue weighted by atomic mass is 10.1.